The van der Waals surface area contributed by atoms with Crippen molar-refractivity contribution in [2.24, 2.45) is 0 Å². The third kappa shape index (κ3) is 2.40. The van der Waals surface area contributed by atoms with Gasteiger partial charge in [0.25, 0.3) is 6.01 Å². The Morgan fingerprint density at radius 3 is 2.27 bits per heavy atom. The normalized spacial score (nSPS) is 19.6. The minimum atomic E-state index is -0.603. The van der Waals surface area contributed by atoms with Gasteiger partial charge in [0.15, 0.2) is 5.76 Å². The van der Waals surface area contributed by atoms with Crippen LogP contribution in [0.1, 0.15) is 27.7 Å². The molecule has 3 rings (SSSR count). The molecule has 0 unspecified atom stereocenters. The van der Waals surface area contributed by atoms with Crippen LogP contribution in [0.15, 0.2) is 28.8 Å². The van der Waals surface area contributed by atoms with Gasteiger partial charge in [-0.05, 0) is 45.3 Å². The van der Waals surface area contributed by atoms with Gasteiger partial charge in [-0.25, -0.2) is 9.37 Å². The Balaban J connectivity index is 1.90. The number of oxazole rings is 1. The van der Waals surface area contributed by atoms with Gasteiger partial charge < -0.3 is 19.5 Å². The van der Waals surface area contributed by atoms with Gasteiger partial charge in [-0.15, -0.1) is 0 Å². The zero-order valence-electron chi connectivity index (χ0n) is 13.0. The summed E-state index contributed by atoms with van der Waals surface area (Å²) >= 11 is 0. The number of anilines is 1. The van der Waals surface area contributed by atoms with Crippen molar-refractivity contribution in [2.45, 2.75) is 38.9 Å². The smallest absolute Gasteiger partial charge is 0.424 e. The second kappa shape index (κ2) is 4.82. The topological polar surface area (TPSA) is 70.5 Å². The minimum absolute atomic E-state index is 0.00411. The van der Waals surface area contributed by atoms with Crippen molar-refractivity contribution in [2.75, 3.05) is 5.73 Å². The molecular weight excluding hydrogens is 286 g/mol. The van der Waals surface area contributed by atoms with E-state index in [1.807, 2.05) is 27.7 Å². The summed E-state index contributed by atoms with van der Waals surface area (Å²) in [6.45, 7) is 7.81. The van der Waals surface area contributed by atoms with Crippen LogP contribution in [0.25, 0.3) is 11.3 Å². The zero-order valence-corrected chi connectivity index (χ0v) is 13.0. The summed E-state index contributed by atoms with van der Waals surface area (Å²) in [5.74, 6) is -0.154. The van der Waals surface area contributed by atoms with Gasteiger partial charge in [0, 0.05) is 0 Å². The molecule has 1 aliphatic rings. The molecule has 116 valence electrons. The zero-order chi connectivity index (χ0) is 16.1. The minimum Gasteiger partial charge on any atom is -0.424 e. The van der Waals surface area contributed by atoms with E-state index in [1.165, 1.54) is 12.3 Å². The molecule has 0 atom stereocenters. The highest BCUT2D eigenvalue weighted by molar-refractivity contribution is 6.62. The number of hydrogen-bond acceptors (Lipinski definition) is 5. The van der Waals surface area contributed by atoms with Gasteiger partial charge in [0.05, 0.1) is 23.0 Å². The van der Waals surface area contributed by atoms with Crippen molar-refractivity contribution in [1.29, 1.82) is 0 Å². The highest BCUT2D eigenvalue weighted by Gasteiger charge is 2.51. The molecule has 7 heteroatoms. The first-order valence-corrected chi connectivity index (χ1v) is 7.06. The van der Waals surface area contributed by atoms with E-state index in [1.54, 1.807) is 12.1 Å². The molecule has 2 heterocycles. The summed E-state index contributed by atoms with van der Waals surface area (Å²) < 4.78 is 31.3. The van der Waals surface area contributed by atoms with E-state index in [-0.39, 0.29) is 11.8 Å². The van der Waals surface area contributed by atoms with Crippen LogP contribution in [0.4, 0.5) is 10.4 Å². The highest BCUT2D eigenvalue weighted by atomic mass is 19.1. The number of nitrogens with two attached hydrogens (primary N) is 1. The summed E-state index contributed by atoms with van der Waals surface area (Å²) in [5, 5.41) is 0. The molecule has 5 nitrogen and oxygen atoms in total. The van der Waals surface area contributed by atoms with Crippen LogP contribution in [0.3, 0.4) is 0 Å². The first-order valence-electron chi connectivity index (χ1n) is 7.06. The van der Waals surface area contributed by atoms with Crippen molar-refractivity contribution in [3.63, 3.8) is 0 Å². The summed E-state index contributed by atoms with van der Waals surface area (Å²) in [6, 6.07) is 4.75. The lowest BCUT2D eigenvalue weighted by Crippen LogP contribution is -2.41. The van der Waals surface area contributed by atoms with E-state index in [2.05, 4.69) is 4.98 Å². The van der Waals surface area contributed by atoms with Gasteiger partial charge in [-0.2, -0.15) is 0 Å². The first-order chi connectivity index (χ1) is 10.2. The van der Waals surface area contributed by atoms with Crippen LogP contribution >= 0.6 is 0 Å². The number of aromatic nitrogens is 1. The summed E-state index contributed by atoms with van der Waals surface area (Å²) in [7, 11) is -0.603. The van der Waals surface area contributed by atoms with Crippen LogP contribution in [-0.2, 0) is 9.31 Å². The Labute approximate surface area is 128 Å². The van der Waals surface area contributed by atoms with Gasteiger partial charge in [-0.3, -0.25) is 0 Å². The number of nitrogen functional groups attached to an aromatic ring is 1. The Morgan fingerprint density at radius 2 is 1.77 bits per heavy atom. The van der Waals surface area contributed by atoms with Crippen molar-refractivity contribution < 1.29 is 18.1 Å². The Morgan fingerprint density at radius 1 is 1.14 bits per heavy atom. The largest absolute Gasteiger partial charge is 0.494 e. The Bertz CT molecular complexity index is 699. The standard InChI is InChI=1S/C15H18BFN2O3/c1-14(2)15(3,4)22-16(21-14)9-5-6-10(11(17)7-9)12-8-19-13(18)20-12/h5-8H,1-4H3,(H2,18,19). The van der Waals surface area contributed by atoms with Gasteiger partial charge in [0.2, 0.25) is 0 Å². The van der Waals surface area contributed by atoms with E-state index in [4.69, 9.17) is 19.5 Å². The van der Waals surface area contributed by atoms with Crippen molar-refractivity contribution in [3.05, 3.63) is 30.2 Å². The van der Waals surface area contributed by atoms with Crippen molar-refractivity contribution >= 4 is 18.6 Å². The van der Waals surface area contributed by atoms with Gasteiger partial charge in [0.1, 0.15) is 5.82 Å². The molecule has 1 aliphatic heterocycles. The maximum Gasteiger partial charge on any atom is 0.494 e. The molecule has 1 saturated heterocycles. The van der Waals surface area contributed by atoms with Crippen molar-refractivity contribution in [3.8, 4) is 11.3 Å². The number of nitrogens with zero attached hydrogens (tertiary/aromatic N) is 1. The summed E-state index contributed by atoms with van der Waals surface area (Å²) in [5.41, 5.74) is 5.40. The maximum absolute atomic E-state index is 14.3. The third-order valence-corrected chi connectivity index (χ3v) is 4.31. The molecule has 1 fully saturated rings. The van der Waals surface area contributed by atoms with Crippen LogP contribution in [0, 0.1) is 5.82 Å². The third-order valence-electron chi connectivity index (χ3n) is 4.31. The molecule has 0 bridgehead atoms. The monoisotopic (exact) mass is 304 g/mol. The molecule has 1 aromatic heterocycles. The van der Waals surface area contributed by atoms with Crippen LogP contribution < -0.4 is 11.2 Å². The predicted octanol–water partition coefficient (Wildman–Crippen LogP) is 2.36. The molecule has 0 radical (unpaired) electrons. The second-order valence-corrected chi connectivity index (χ2v) is 6.39. The number of hydrogen-bond donors (Lipinski definition) is 1. The predicted molar refractivity (Wildman–Crippen MR) is 82.0 cm³/mol. The Hall–Kier alpha value is -1.86. The fourth-order valence-corrected chi connectivity index (χ4v) is 2.27. The Kier molecular flexibility index (Phi) is 3.30. The molecule has 1 aromatic carbocycles. The fraction of sp³-hybridized carbons (Fsp3) is 0.400. The van der Waals surface area contributed by atoms with E-state index in [0.717, 1.165) is 0 Å². The molecule has 0 spiro atoms. The van der Waals surface area contributed by atoms with Crippen molar-refractivity contribution in [1.82, 2.24) is 4.98 Å². The average Bonchev–Trinajstić information content (AvgIpc) is 2.91. The number of benzene rings is 1. The van der Waals surface area contributed by atoms with E-state index in [9.17, 15) is 4.39 Å². The second-order valence-electron chi connectivity index (χ2n) is 6.39. The SMILES string of the molecule is CC1(C)OB(c2ccc(-c3cnc(N)o3)c(F)c2)OC1(C)C. The molecule has 0 saturated carbocycles. The molecule has 22 heavy (non-hydrogen) atoms. The molecule has 0 amide bonds. The van der Waals surface area contributed by atoms with E-state index < -0.39 is 24.1 Å². The summed E-state index contributed by atoms with van der Waals surface area (Å²) in [6.07, 6.45) is 1.39. The highest BCUT2D eigenvalue weighted by Crippen LogP contribution is 2.36. The van der Waals surface area contributed by atoms with Crippen LogP contribution in [0.5, 0.6) is 0 Å². The van der Waals surface area contributed by atoms with Gasteiger partial charge >= 0.3 is 7.12 Å². The first kappa shape index (κ1) is 15.1. The van der Waals surface area contributed by atoms with Crippen LogP contribution in [-0.4, -0.2) is 23.3 Å². The fourth-order valence-electron chi connectivity index (χ4n) is 2.27. The molecule has 0 aliphatic carbocycles. The molecule has 2 N–H and O–H groups in total. The van der Waals surface area contributed by atoms with Crippen LogP contribution in [0.2, 0.25) is 0 Å². The molecular formula is C15H18BFN2O3. The summed E-state index contributed by atoms with van der Waals surface area (Å²) in [4.78, 5) is 3.77. The number of halogens is 1. The van der Waals surface area contributed by atoms with E-state index >= 15 is 0 Å². The lowest BCUT2D eigenvalue weighted by atomic mass is 9.78. The lowest BCUT2D eigenvalue weighted by molar-refractivity contribution is 0.00578. The molecule has 2 aromatic rings. The maximum atomic E-state index is 14.3. The lowest BCUT2D eigenvalue weighted by Gasteiger charge is -2.32. The number of rotatable bonds is 2. The van der Waals surface area contributed by atoms with Gasteiger partial charge in [-0.1, -0.05) is 6.07 Å². The van der Waals surface area contributed by atoms with E-state index in [0.29, 0.717) is 11.0 Å². The average molecular weight is 304 g/mol. The quantitative estimate of drug-likeness (QED) is 0.862.